The summed E-state index contributed by atoms with van der Waals surface area (Å²) in [5, 5.41) is 21.5. The van der Waals surface area contributed by atoms with E-state index in [1.165, 1.54) is 0 Å². The van der Waals surface area contributed by atoms with Gasteiger partial charge in [0.05, 0.1) is 11.2 Å². The van der Waals surface area contributed by atoms with Gasteiger partial charge in [0.1, 0.15) is 0 Å². The van der Waals surface area contributed by atoms with Gasteiger partial charge in [0, 0.05) is 0 Å². The van der Waals surface area contributed by atoms with Crippen LogP contribution in [0.2, 0.25) is 0 Å². The summed E-state index contributed by atoms with van der Waals surface area (Å²) in [6.07, 6.45) is 6.05. The molecule has 2 nitrogen and oxygen atoms in total. The number of rotatable bonds is 2. The standard InChI is InChI=1S/C14H24O2/c1-3-9(2)14(16)11-4-10-5-12(14)8-13(15,6-10)7-11/h9-12,15-16H,3-8H2,1-2H3. The van der Waals surface area contributed by atoms with E-state index < -0.39 is 11.2 Å². The zero-order chi connectivity index (χ0) is 11.6. The number of hydrogen-bond acceptors (Lipinski definition) is 2. The van der Waals surface area contributed by atoms with Crippen LogP contribution in [0.15, 0.2) is 0 Å². The Kier molecular flexibility index (Phi) is 2.23. The van der Waals surface area contributed by atoms with Crippen LogP contribution in [0, 0.1) is 23.7 Å². The first-order valence-corrected chi connectivity index (χ1v) is 6.92. The van der Waals surface area contributed by atoms with Crippen molar-refractivity contribution in [2.24, 2.45) is 23.7 Å². The first-order valence-electron chi connectivity index (χ1n) is 6.92. The highest BCUT2D eigenvalue weighted by molar-refractivity contribution is 5.13. The molecule has 2 heteroatoms. The van der Waals surface area contributed by atoms with Gasteiger partial charge in [-0.2, -0.15) is 0 Å². The molecule has 0 saturated heterocycles. The topological polar surface area (TPSA) is 40.5 Å². The maximum atomic E-state index is 11.1. The molecule has 0 aromatic carbocycles. The van der Waals surface area contributed by atoms with Gasteiger partial charge in [0.2, 0.25) is 0 Å². The summed E-state index contributed by atoms with van der Waals surface area (Å²) >= 11 is 0. The molecule has 0 radical (unpaired) electrons. The van der Waals surface area contributed by atoms with Crippen molar-refractivity contribution in [3.63, 3.8) is 0 Å². The molecule has 3 unspecified atom stereocenters. The van der Waals surface area contributed by atoms with Gasteiger partial charge in [-0.05, 0) is 55.8 Å². The van der Waals surface area contributed by atoms with Gasteiger partial charge in [-0.15, -0.1) is 0 Å². The number of aliphatic hydroxyl groups is 2. The third-order valence-corrected chi connectivity index (χ3v) is 5.87. The molecule has 0 aliphatic heterocycles. The zero-order valence-electron chi connectivity index (χ0n) is 10.4. The second kappa shape index (κ2) is 3.23. The highest BCUT2D eigenvalue weighted by Crippen LogP contribution is 2.61. The Balaban J connectivity index is 1.94. The quantitative estimate of drug-likeness (QED) is 0.756. The van der Waals surface area contributed by atoms with Crippen molar-refractivity contribution in [1.29, 1.82) is 0 Å². The summed E-state index contributed by atoms with van der Waals surface area (Å²) in [4.78, 5) is 0. The second-order valence-corrected chi connectivity index (χ2v) is 6.76. The molecule has 4 aliphatic carbocycles. The van der Waals surface area contributed by atoms with Crippen molar-refractivity contribution in [3.05, 3.63) is 0 Å². The molecule has 0 aromatic heterocycles. The minimum atomic E-state index is -0.474. The summed E-state index contributed by atoms with van der Waals surface area (Å²) in [5.74, 6) is 1.79. The molecule has 0 aromatic rings. The Labute approximate surface area is 98.1 Å². The lowest BCUT2D eigenvalue weighted by atomic mass is 9.46. The van der Waals surface area contributed by atoms with E-state index in [1.807, 2.05) is 0 Å². The van der Waals surface area contributed by atoms with E-state index in [0.717, 1.165) is 38.5 Å². The summed E-state index contributed by atoms with van der Waals surface area (Å²) in [6, 6.07) is 0. The van der Waals surface area contributed by atoms with Gasteiger partial charge in [-0.25, -0.2) is 0 Å². The van der Waals surface area contributed by atoms with Crippen LogP contribution in [0.25, 0.3) is 0 Å². The highest BCUT2D eigenvalue weighted by atomic mass is 16.3. The summed E-state index contributed by atoms with van der Waals surface area (Å²) in [7, 11) is 0. The Bertz CT molecular complexity index is 283. The fraction of sp³-hybridized carbons (Fsp3) is 1.00. The van der Waals surface area contributed by atoms with E-state index in [1.54, 1.807) is 0 Å². The normalized spacial score (nSPS) is 56.6. The third kappa shape index (κ3) is 1.26. The SMILES string of the molecule is CCC(C)C1(O)C2CC3CC1CC(O)(C3)C2. The Hall–Kier alpha value is -0.0800. The van der Waals surface area contributed by atoms with Crippen LogP contribution in [0.4, 0.5) is 0 Å². The summed E-state index contributed by atoms with van der Waals surface area (Å²) in [5.41, 5.74) is -0.895. The van der Waals surface area contributed by atoms with Crippen molar-refractivity contribution in [3.8, 4) is 0 Å². The smallest absolute Gasteiger partial charge is 0.0731 e. The van der Waals surface area contributed by atoms with E-state index in [9.17, 15) is 10.2 Å². The van der Waals surface area contributed by atoms with Gasteiger partial charge in [0.25, 0.3) is 0 Å². The van der Waals surface area contributed by atoms with Crippen LogP contribution in [0.3, 0.4) is 0 Å². The summed E-state index contributed by atoms with van der Waals surface area (Å²) in [6.45, 7) is 4.36. The molecular formula is C14H24O2. The van der Waals surface area contributed by atoms with E-state index >= 15 is 0 Å². The minimum absolute atomic E-state index is 0.360. The molecule has 4 saturated carbocycles. The molecule has 0 spiro atoms. The highest BCUT2D eigenvalue weighted by Gasteiger charge is 2.62. The lowest BCUT2D eigenvalue weighted by molar-refractivity contribution is -0.244. The molecule has 16 heavy (non-hydrogen) atoms. The molecule has 4 bridgehead atoms. The van der Waals surface area contributed by atoms with Crippen molar-refractivity contribution in [2.45, 2.75) is 63.6 Å². The lowest BCUT2D eigenvalue weighted by Gasteiger charge is -2.63. The van der Waals surface area contributed by atoms with Gasteiger partial charge in [-0.3, -0.25) is 0 Å². The Morgan fingerprint density at radius 3 is 2.12 bits per heavy atom. The van der Waals surface area contributed by atoms with Crippen LogP contribution >= 0.6 is 0 Å². The van der Waals surface area contributed by atoms with Gasteiger partial charge in [-0.1, -0.05) is 20.3 Å². The van der Waals surface area contributed by atoms with Crippen LogP contribution < -0.4 is 0 Å². The lowest BCUT2D eigenvalue weighted by Crippen LogP contribution is -2.65. The van der Waals surface area contributed by atoms with E-state index in [0.29, 0.717) is 23.7 Å². The van der Waals surface area contributed by atoms with Gasteiger partial charge in [0.15, 0.2) is 0 Å². The Morgan fingerprint density at radius 2 is 1.69 bits per heavy atom. The second-order valence-electron chi connectivity index (χ2n) is 6.76. The van der Waals surface area contributed by atoms with Gasteiger partial charge >= 0.3 is 0 Å². The first-order chi connectivity index (χ1) is 7.48. The van der Waals surface area contributed by atoms with Crippen molar-refractivity contribution < 1.29 is 10.2 Å². The van der Waals surface area contributed by atoms with Crippen molar-refractivity contribution in [2.75, 3.05) is 0 Å². The third-order valence-electron chi connectivity index (χ3n) is 5.87. The molecular weight excluding hydrogens is 200 g/mol. The van der Waals surface area contributed by atoms with E-state index in [2.05, 4.69) is 13.8 Å². The zero-order valence-corrected chi connectivity index (χ0v) is 10.4. The first kappa shape index (κ1) is 11.0. The predicted molar refractivity (Wildman–Crippen MR) is 62.9 cm³/mol. The van der Waals surface area contributed by atoms with Gasteiger partial charge < -0.3 is 10.2 Å². The fourth-order valence-corrected chi connectivity index (χ4v) is 5.11. The molecule has 4 fully saturated rings. The van der Waals surface area contributed by atoms with Crippen LogP contribution in [0.5, 0.6) is 0 Å². The fourth-order valence-electron chi connectivity index (χ4n) is 5.11. The van der Waals surface area contributed by atoms with Crippen LogP contribution in [-0.4, -0.2) is 21.4 Å². The average Bonchev–Trinajstić information content (AvgIpc) is 2.22. The van der Waals surface area contributed by atoms with Crippen LogP contribution in [0.1, 0.15) is 52.4 Å². The maximum Gasteiger partial charge on any atom is 0.0731 e. The maximum absolute atomic E-state index is 11.1. The predicted octanol–water partition coefficient (Wildman–Crippen LogP) is 2.33. The van der Waals surface area contributed by atoms with E-state index in [-0.39, 0.29) is 0 Å². The summed E-state index contributed by atoms with van der Waals surface area (Å²) < 4.78 is 0. The minimum Gasteiger partial charge on any atom is -0.390 e. The molecule has 0 amide bonds. The largest absolute Gasteiger partial charge is 0.390 e. The molecule has 4 aliphatic rings. The van der Waals surface area contributed by atoms with Crippen molar-refractivity contribution >= 4 is 0 Å². The molecule has 3 atom stereocenters. The van der Waals surface area contributed by atoms with Crippen LogP contribution in [-0.2, 0) is 0 Å². The monoisotopic (exact) mass is 224 g/mol. The molecule has 2 N–H and O–H groups in total. The van der Waals surface area contributed by atoms with E-state index in [4.69, 9.17) is 0 Å². The average molecular weight is 224 g/mol. The molecule has 4 rings (SSSR count). The van der Waals surface area contributed by atoms with Crippen molar-refractivity contribution in [1.82, 2.24) is 0 Å². The molecule has 0 heterocycles. The Morgan fingerprint density at radius 1 is 1.12 bits per heavy atom. The molecule has 92 valence electrons. The number of hydrogen-bond donors (Lipinski definition) is 2.